The summed E-state index contributed by atoms with van der Waals surface area (Å²) in [6, 6.07) is 42.1. The number of fused-ring (bicyclic) bond motifs is 3. The highest BCUT2D eigenvalue weighted by Crippen LogP contribution is 2.31. The number of methoxy groups -OCH3 is 1. The number of hydrogen-bond donors (Lipinski definition) is 0. The Morgan fingerprint density at radius 1 is 0.506 bits per heavy atom. The van der Waals surface area contributed by atoms with Gasteiger partial charge in [-0.1, -0.05) is 108 Å². The van der Waals surface area contributed by atoms with Crippen LogP contribution in [0.3, 0.4) is 0 Å². The second-order valence-corrected chi connectivity index (χ2v) is 20.7. The quantitative estimate of drug-likeness (QED) is 0.0919. The Morgan fingerprint density at radius 3 is 1.81 bits per heavy atom. The SMILES string of the molecule is C.C.C.COc1ccc(CN2CCc3ncc(COc4cccc(F)c4)cc3C2=O)cc1.Cc1cccc(CN2CCc3nc(OCc4cccc(F)c4)ccc3C2=O)c1F.O=C1c2cc(OCc3ccccc3)cnc2CCN1CC1CCC1. The number of aryl methyl sites for hydroxylation is 1. The van der Waals surface area contributed by atoms with Crippen LogP contribution in [-0.4, -0.2) is 80.7 Å². The van der Waals surface area contributed by atoms with E-state index in [0.717, 1.165) is 53.3 Å². The maximum absolute atomic E-state index is 14.3. The molecule has 0 spiro atoms. The largest absolute Gasteiger partial charge is 0.497 e. The van der Waals surface area contributed by atoms with Crippen LogP contribution in [0.1, 0.15) is 123 Å². The zero-order valence-corrected chi connectivity index (χ0v) is 45.9. The van der Waals surface area contributed by atoms with Crippen LogP contribution in [-0.2, 0) is 52.2 Å². The first-order chi connectivity index (χ1) is 39.9. The van der Waals surface area contributed by atoms with Crippen molar-refractivity contribution in [2.24, 2.45) is 5.92 Å². The number of pyridine rings is 3. The molecule has 0 N–H and O–H groups in total. The van der Waals surface area contributed by atoms with Gasteiger partial charge in [-0.25, -0.2) is 18.2 Å². The lowest BCUT2D eigenvalue weighted by molar-refractivity contribution is 0.0673. The molecular weight excluding hydrogens is 1080 g/mol. The highest BCUT2D eigenvalue weighted by atomic mass is 19.1. The summed E-state index contributed by atoms with van der Waals surface area (Å²) in [7, 11) is 1.63. The summed E-state index contributed by atoms with van der Waals surface area (Å²) in [6.45, 7) is 6.14. The van der Waals surface area contributed by atoms with E-state index in [1.165, 1.54) is 43.5 Å². The molecule has 444 valence electrons. The van der Waals surface area contributed by atoms with Gasteiger partial charge in [-0.2, -0.15) is 0 Å². The summed E-state index contributed by atoms with van der Waals surface area (Å²) < 4.78 is 63.1. The normalized spacial score (nSPS) is 13.9. The third kappa shape index (κ3) is 16.4. The molecule has 0 atom stereocenters. The minimum atomic E-state index is -0.351. The summed E-state index contributed by atoms with van der Waals surface area (Å²) >= 11 is 0. The Balaban J connectivity index is 0.000000180. The first-order valence-electron chi connectivity index (χ1n) is 27.6. The van der Waals surface area contributed by atoms with Crippen LogP contribution in [0.4, 0.5) is 13.2 Å². The van der Waals surface area contributed by atoms with Crippen molar-refractivity contribution in [1.82, 2.24) is 29.7 Å². The average Bonchev–Trinajstić information content (AvgIpc) is 3.66. The minimum Gasteiger partial charge on any atom is -0.497 e. The molecule has 0 bridgehead atoms. The van der Waals surface area contributed by atoms with Crippen molar-refractivity contribution in [2.45, 2.75) is 101 Å². The topological polar surface area (TPSA) is 137 Å². The maximum atomic E-state index is 14.3. The molecule has 6 heterocycles. The number of aromatic nitrogens is 3. The highest BCUT2D eigenvalue weighted by Gasteiger charge is 2.31. The summed E-state index contributed by atoms with van der Waals surface area (Å²) in [4.78, 5) is 57.4. The van der Waals surface area contributed by atoms with Gasteiger partial charge in [0.1, 0.15) is 54.5 Å². The van der Waals surface area contributed by atoms with Gasteiger partial charge in [-0.15, -0.1) is 0 Å². The summed E-state index contributed by atoms with van der Waals surface area (Å²) in [5, 5.41) is 0. The van der Waals surface area contributed by atoms with Crippen molar-refractivity contribution in [2.75, 3.05) is 33.3 Å². The first kappa shape index (κ1) is 63.5. The second kappa shape index (κ2) is 30.0. The molecule has 0 saturated heterocycles. The van der Waals surface area contributed by atoms with Crippen molar-refractivity contribution < 1.29 is 46.5 Å². The van der Waals surface area contributed by atoms with E-state index in [0.29, 0.717) is 101 Å². The van der Waals surface area contributed by atoms with E-state index < -0.39 is 0 Å². The number of hydrogen-bond acceptors (Lipinski definition) is 10. The van der Waals surface area contributed by atoms with Crippen molar-refractivity contribution in [1.29, 1.82) is 0 Å². The zero-order chi connectivity index (χ0) is 57.0. The van der Waals surface area contributed by atoms with E-state index >= 15 is 0 Å². The van der Waals surface area contributed by atoms with E-state index in [1.54, 1.807) is 85.9 Å². The molecule has 1 aliphatic carbocycles. The van der Waals surface area contributed by atoms with Crippen LogP contribution in [0.15, 0.2) is 158 Å². The molecule has 3 aromatic heterocycles. The van der Waals surface area contributed by atoms with E-state index in [1.807, 2.05) is 76.5 Å². The molecular formula is C69H75F3N6O7. The minimum absolute atomic E-state index is 0. The van der Waals surface area contributed by atoms with Crippen LogP contribution >= 0.6 is 0 Å². The Hall–Kier alpha value is -9.05. The highest BCUT2D eigenvalue weighted by molar-refractivity contribution is 5.97. The van der Waals surface area contributed by atoms with Gasteiger partial charge in [0, 0.05) is 88.0 Å². The monoisotopic (exact) mass is 1160 g/mol. The van der Waals surface area contributed by atoms with Crippen molar-refractivity contribution in [3.8, 4) is 23.1 Å². The molecule has 1 fully saturated rings. The van der Waals surface area contributed by atoms with Gasteiger partial charge in [0.05, 0.1) is 47.1 Å². The van der Waals surface area contributed by atoms with Gasteiger partial charge in [0.25, 0.3) is 17.7 Å². The van der Waals surface area contributed by atoms with Crippen molar-refractivity contribution in [3.05, 3.63) is 243 Å². The summed E-state index contributed by atoms with van der Waals surface area (Å²) in [5.74, 6) is 1.93. The van der Waals surface area contributed by atoms with Gasteiger partial charge in [0.2, 0.25) is 5.88 Å². The van der Waals surface area contributed by atoms with Crippen LogP contribution in [0.25, 0.3) is 0 Å². The molecule has 0 unspecified atom stereocenters. The van der Waals surface area contributed by atoms with E-state index in [-0.39, 0.29) is 77.2 Å². The van der Waals surface area contributed by atoms with Crippen molar-refractivity contribution in [3.63, 3.8) is 0 Å². The molecule has 4 aliphatic rings. The Labute approximate surface area is 497 Å². The Morgan fingerprint density at radius 2 is 1.11 bits per heavy atom. The lowest BCUT2D eigenvalue weighted by atomic mass is 9.84. The standard InChI is InChI=1S/C23H20F2N2O2.C23H21FN2O3.C20H22N2O2.3CH4/c1-15-4-2-6-17(22(15)25)13-27-11-10-20-19(23(27)28)8-9-21(26-20)29-14-16-5-3-7-18(24)12-16;1-28-19-7-5-16(6-8-19)14-26-10-9-22-21(23(26)27)11-17(13-25-22)15-29-20-4-2-3-18(24)12-20;23-20-18-11-17(24-14-16-5-2-1-3-6-16)12-21-19(18)9-10-22(20)13-15-7-4-8-15;;;/h2-9,12H,10-11,13-14H2,1H3;2-8,11-13H,9-10,14-15H2,1H3;1-3,5-6,11-12,15H,4,7-10,13-14H2;3*1H4. The molecule has 1 saturated carbocycles. The van der Waals surface area contributed by atoms with Crippen LogP contribution in [0.5, 0.6) is 23.1 Å². The lowest BCUT2D eigenvalue weighted by Crippen LogP contribution is -2.42. The summed E-state index contributed by atoms with van der Waals surface area (Å²) in [6.07, 6.45) is 9.38. The number of benzene rings is 5. The molecule has 3 aliphatic heterocycles. The number of rotatable bonds is 16. The van der Waals surface area contributed by atoms with Gasteiger partial charge in [0.15, 0.2) is 0 Å². The number of carbonyl (C=O) groups excluding carboxylic acids is 3. The molecule has 85 heavy (non-hydrogen) atoms. The maximum Gasteiger partial charge on any atom is 0.256 e. The number of carbonyl (C=O) groups is 3. The Kier molecular flexibility index (Phi) is 22.4. The summed E-state index contributed by atoms with van der Waals surface area (Å²) in [5.41, 5.74) is 8.87. The third-order valence-electron chi connectivity index (χ3n) is 14.9. The average molecular weight is 1160 g/mol. The molecule has 13 nitrogen and oxygen atoms in total. The fourth-order valence-corrected chi connectivity index (χ4v) is 10.1. The van der Waals surface area contributed by atoms with E-state index in [2.05, 4.69) is 15.0 Å². The fourth-order valence-electron chi connectivity index (χ4n) is 10.1. The molecule has 0 radical (unpaired) electrons. The third-order valence-corrected chi connectivity index (χ3v) is 14.9. The van der Waals surface area contributed by atoms with Gasteiger partial charge in [-0.05, 0) is 103 Å². The number of halogens is 3. The molecule has 3 amide bonds. The zero-order valence-electron chi connectivity index (χ0n) is 45.9. The lowest BCUT2D eigenvalue weighted by Gasteiger charge is -2.34. The first-order valence-corrected chi connectivity index (χ1v) is 27.6. The number of amides is 3. The van der Waals surface area contributed by atoms with E-state index in [9.17, 15) is 27.6 Å². The smallest absolute Gasteiger partial charge is 0.256 e. The van der Waals surface area contributed by atoms with Gasteiger partial charge >= 0.3 is 0 Å². The van der Waals surface area contributed by atoms with Crippen molar-refractivity contribution >= 4 is 17.7 Å². The van der Waals surface area contributed by atoms with Gasteiger partial charge in [-0.3, -0.25) is 24.4 Å². The number of ether oxygens (including phenoxy) is 4. The molecule has 16 heteroatoms. The fraction of sp³-hybridized carbons (Fsp3) is 0.304. The van der Waals surface area contributed by atoms with E-state index in [4.69, 9.17) is 18.9 Å². The predicted molar refractivity (Wildman–Crippen MR) is 323 cm³/mol. The Bertz CT molecular complexity index is 3550. The molecule has 8 aromatic rings. The molecule has 12 rings (SSSR count). The predicted octanol–water partition coefficient (Wildman–Crippen LogP) is 13.8. The molecule has 5 aromatic carbocycles. The van der Waals surface area contributed by atoms with Crippen LogP contribution < -0.4 is 18.9 Å². The second-order valence-electron chi connectivity index (χ2n) is 20.7. The van der Waals surface area contributed by atoms with Crippen LogP contribution in [0, 0.1) is 30.3 Å². The van der Waals surface area contributed by atoms with Gasteiger partial charge < -0.3 is 33.6 Å². The van der Waals surface area contributed by atoms with Crippen LogP contribution in [0.2, 0.25) is 0 Å². The number of nitrogens with zero attached hydrogens (tertiary/aromatic N) is 6.